The summed E-state index contributed by atoms with van der Waals surface area (Å²) >= 11 is 0. The molecule has 1 aliphatic heterocycles. The zero-order chi connectivity index (χ0) is 24.1. The van der Waals surface area contributed by atoms with Crippen LogP contribution in [-0.2, 0) is 17.7 Å². The lowest BCUT2D eigenvalue weighted by Gasteiger charge is -2.41. The average molecular weight is 465 g/mol. The van der Waals surface area contributed by atoms with E-state index < -0.39 is 6.10 Å². The molecule has 1 heterocycles. The molecule has 0 amide bonds. The lowest BCUT2D eigenvalue weighted by molar-refractivity contribution is -0.107. The summed E-state index contributed by atoms with van der Waals surface area (Å²) in [6.45, 7) is 2.92. The molecule has 0 spiro atoms. The van der Waals surface area contributed by atoms with E-state index in [4.69, 9.17) is 15.3 Å². The van der Waals surface area contributed by atoms with Gasteiger partial charge in [0, 0.05) is 18.9 Å². The molecule has 4 atom stereocenters. The lowest BCUT2D eigenvalue weighted by Crippen LogP contribution is -2.55. The molecule has 6 heteroatoms. The van der Waals surface area contributed by atoms with Gasteiger partial charge in [-0.25, -0.2) is 9.40 Å². The molecule has 1 fully saturated rings. The number of hydrogen-bond acceptors (Lipinski definition) is 5. The van der Waals surface area contributed by atoms with Crippen LogP contribution in [-0.4, -0.2) is 42.1 Å². The maximum absolute atomic E-state index is 13.6. The van der Waals surface area contributed by atoms with Gasteiger partial charge >= 0.3 is 0 Å². The van der Waals surface area contributed by atoms with Gasteiger partial charge in [-0.3, -0.25) is 5.84 Å². The van der Waals surface area contributed by atoms with Crippen molar-refractivity contribution in [2.24, 2.45) is 5.84 Å². The summed E-state index contributed by atoms with van der Waals surface area (Å²) in [4.78, 5) is 0. The van der Waals surface area contributed by atoms with E-state index in [2.05, 4.69) is 31.2 Å². The Hall–Kier alpha value is -2.77. The lowest BCUT2D eigenvalue weighted by atomic mass is 9.82. The maximum atomic E-state index is 13.6. The molecule has 4 rings (SSSR count). The highest BCUT2D eigenvalue weighted by molar-refractivity contribution is 5.36. The fourth-order valence-corrected chi connectivity index (χ4v) is 4.66. The van der Waals surface area contributed by atoms with Crippen molar-refractivity contribution in [1.82, 2.24) is 5.01 Å². The fourth-order valence-electron chi connectivity index (χ4n) is 4.66. The molecular weight excluding hydrogens is 431 g/mol. The Bertz CT molecular complexity index is 1040. The number of benzene rings is 3. The van der Waals surface area contributed by atoms with Crippen molar-refractivity contribution in [1.29, 1.82) is 0 Å². The van der Waals surface area contributed by atoms with E-state index in [0.717, 1.165) is 28.9 Å². The zero-order valence-corrected chi connectivity index (χ0v) is 19.7. The molecule has 34 heavy (non-hydrogen) atoms. The molecule has 3 aromatic carbocycles. The highest BCUT2D eigenvalue weighted by atomic mass is 19.1. The Kier molecular flexibility index (Phi) is 7.95. The van der Waals surface area contributed by atoms with Crippen molar-refractivity contribution in [2.45, 2.75) is 50.5 Å². The molecule has 0 radical (unpaired) electrons. The highest BCUT2D eigenvalue weighted by Gasteiger charge is 2.37. The number of ether oxygens (including phenoxy) is 2. The fraction of sp³-hybridized carbons (Fsp3) is 0.357. The smallest absolute Gasteiger partial charge is 0.123 e. The van der Waals surface area contributed by atoms with E-state index in [0.29, 0.717) is 19.6 Å². The van der Waals surface area contributed by atoms with E-state index in [1.807, 2.05) is 24.3 Å². The van der Waals surface area contributed by atoms with Crippen molar-refractivity contribution in [3.05, 3.63) is 101 Å². The summed E-state index contributed by atoms with van der Waals surface area (Å²) in [5.41, 5.74) is 4.33. The van der Waals surface area contributed by atoms with Crippen LogP contribution in [0.5, 0.6) is 5.75 Å². The first kappa shape index (κ1) is 24.4. The van der Waals surface area contributed by atoms with Gasteiger partial charge in [0.05, 0.1) is 32.0 Å². The molecule has 0 bridgehead atoms. The Morgan fingerprint density at radius 3 is 2.15 bits per heavy atom. The van der Waals surface area contributed by atoms with Crippen LogP contribution >= 0.6 is 0 Å². The SMILES string of the molecule is CCc1ccc(C(c2ccc(F)cc2)C2CC(O)C(N(N)Cc3ccc(OC)cc3)CO2)cc1. The quantitative estimate of drug-likeness (QED) is 0.382. The monoisotopic (exact) mass is 464 g/mol. The minimum atomic E-state index is -0.653. The average Bonchev–Trinajstić information content (AvgIpc) is 2.86. The number of rotatable bonds is 8. The number of hydrogen-bond donors (Lipinski definition) is 2. The third-order valence-electron chi connectivity index (χ3n) is 6.70. The van der Waals surface area contributed by atoms with Crippen LogP contribution in [0, 0.1) is 5.82 Å². The first-order chi connectivity index (χ1) is 16.5. The van der Waals surface area contributed by atoms with E-state index >= 15 is 0 Å². The molecule has 0 saturated carbocycles. The molecule has 5 nitrogen and oxygen atoms in total. The van der Waals surface area contributed by atoms with E-state index in [-0.39, 0.29) is 23.9 Å². The van der Waals surface area contributed by atoms with E-state index in [1.165, 1.54) is 17.7 Å². The first-order valence-electron chi connectivity index (χ1n) is 11.8. The molecule has 180 valence electrons. The molecule has 4 unspecified atom stereocenters. The number of aliphatic hydroxyl groups is 1. The molecule has 0 aliphatic carbocycles. The first-order valence-corrected chi connectivity index (χ1v) is 11.8. The number of aliphatic hydroxyl groups excluding tert-OH is 1. The van der Waals surface area contributed by atoms with Crippen LogP contribution in [0.2, 0.25) is 0 Å². The van der Waals surface area contributed by atoms with Crippen molar-refractivity contribution in [2.75, 3.05) is 13.7 Å². The van der Waals surface area contributed by atoms with Crippen molar-refractivity contribution in [3.63, 3.8) is 0 Å². The largest absolute Gasteiger partial charge is 0.497 e. The van der Waals surface area contributed by atoms with Crippen LogP contribution < -0.4 is 10.6 Å². The van der Waals surface area contributed by atoms with Gasteiger partial charge in [-0.1, -0.05) is 55.5 Å². The number of nitrogens with two attached hydrogens (primary N) is 1. The van der Waals surface area contributed by atoms with E-state index in [1.54, 1.807) is 24.3 Å². The van der Waals surface area contributed by atoms with Crippen LogP contribution in [0.15, 0.2) is 72.8 Å². The van der Waals surface area contributed by atoms with Gasteiger partial charge in [-0.05, 0) is 52.9 Å². The minimum absolute atomic E-state index is 0.116. The Morgan fingerprint density at radius 2 is 1.59 bits per heavy atom. The van der Waals surface area contributed by atoms with E-state index in [9.17, 15) is 9.50 Å². The summed E-state index contributed by atoms with van der Waals surface area (Å²) in [6.07, 6.45) is 0.486. The number of nitrogens with zero attached hydrogens (tertiary/aromatic N) is 1. The predicted octanol–water partition coefficient (Wildman–Crippen LogP) is 4.42. The highest BCUT2D eigenvalue weighted by Crippen LogP contribution is 2.35. The summed E-state index contributed by atoms with van der Waals surface area (Å²) in [6, 6.07) is 22.4. The van der Waals surface area contributed by atoms with Gasteiger partial charge < -0.3 is 14.6 Å². The van der Waals surface area contributed by atoms with Gasteiger partial charge in [-0.2, -0.15) is 0 Å². The Labute approximate surface area is 200 Å². The third-order valence-corrected chi connectivity index (χ3v) is 6.70. The second kappa shape index (κ2) is 11.1. The molecule has 3 N–H and O–H groups in total. The summed E-state index contributed by atoms with van der Waals surface area (Å²) in [5.74, 6) is 6.75. The topological polar surface area (TPSA) is 68.0 Å². The summed E-state index contributed by atoms with van der Waals surface area (Å²) < 4.78 is 25.1. The molecule has 0 aromatic heterocycles. The molecule has 1 aliphatic rings. The van der Waals surface area contributed by atoms with Crippen molar-refractivity contribution >= 4 is 0 Å². The maximum Gasteiger partial charge on any atom is 0.123 e. The van der Waals surface area contributed by atoms with Gasteiger partial charge in [0.15, 0.2) is 0 Å². The molecule has 1 saturated heterocycles. The van der Waals surface area contributed by atoms with Crippen molar-refractivity contribution in [3.8, 4) is 5.75 Å². The molecular formula is C28H33FN2O3. The number of aryl methyl sites for hydroxylation is 1. The van der Waals surface area contributed by atoms with Gasteiger partial charge in [0.25, 0.3) is 0 Å². The standard InChI is InChI=1S/C28H33FN2O3/c1-3-19-4-8-21(9-5-19)28(22-10-12-23(29)13-11-22)27-16-26(32)25(18-34-27)31(30)17-20-6-14-24(33-2)15-7-20/h4-15,25-28,32H,3,16-18,30H2,1-2H3. The van der Waals surface area contributed by atoms with Crippen molar-refractivity contribution < 1.29 is 19.0 Å². The summed E-state index contributed by atoms with van der Waals surface area (Å²) in [7, 11) is 1.63. The van der Waals surface area contributed by atoms with Gasteiger partial charge in [0.1, 0.15) is 11.6 Å². The Balaban J connectivity index is 1.49. The predicted molar refractivity (Wildman–Crippen MR) is 131 cm³/mol. The third kappa shape index (κ3) is 5.65. The second-order valence-corrected chi connectivity index (χ2v) is 8.89. The van der Waals surface area contributed by atoms with Gasteiger partial charge in [0.2, 0.25) is 0 Å². The van der Waals surface area contributed by atoms with Crippen LogP contribution in [0.25, 0.3) is 0 Å². The Morgan fingerprint density at radius 1 is 1.00 bits per heavy atom. The minimum Gasteiger partial charge on any atom is -0.497 e. The van der Waals surface area contributed by atoms with Crippen LogP contribution in [0.1, 0.15) is 41.5 Å². The number of halogens is 1. The summed E-state index contributed by atoms with van der Waals surface area (Å²) in [5, 5.41) is 12.7. The van der Waals surface area contributed by atoms with Crippen LogP contribution in [0.3, 0.4) is 0 Å². The number of hydrazine groups is 1. The molecule has 3 aromatic rings. The van der Waals surface area contributed by atoms with Gasteiger partial charge in [-0.15, -0.1) is 0 Å². The van der Waals surface area contributed by atoms with Crippen LogP contribution in [0.4, 0.5) is 4.39 Å². The number of methoxy groups -OCH3 is 1. The zero-order valence-electron chi connectivity index (χ0n) is 19.7. The normalized spacial score (nSPS) is 21.4. The second-order valence-electron chi connectivity index (χ2n) is 8.89.